The molecule has 0 saturated carbocycles. The van der Waals surface area contributed by atoms with E-state index < -0.39 is 0 Å². The third kappa shape index (κ3) is 3.36. The van der Waals surface area contributed by atoms with E-state index in [-0.39, 0.29) is 12.3 Å². The van der Waals surface area contributed by atoms with Crippen LogP contribution in [0, 0.1) is 55.4 Å². The number of hydrogen-bond acceptors (Lipinski definition) is 4. The molecule has 0 aliphatic heterocycles. The molecule has 8 nitrogen and oxygen atoms in total. The van der Waals surface area contributed by atoms with E-state index in [0.29, 0.717) is 0 Å². The van der Waals surface area contributed by atoms with E-state index in [1.54, 1.807) is 0 Å². The summed E-state index contributed by atoms with van der Waals surface area (Å²) in [5, 5.41) is 19.4. The van der Waals surface area contributed by atoms with Crippen molar-refractivity contribution in [3.05, 3.63) is 69.8 Å². The first-order valence-corrected chi connectivity index (χ1v) is 10.3. The average Bonchev–Trinajstić information content (AvgIpc) is 3.34. The van der Waals surface area contributed by atoms with Crippen LogP contribution in [0.5, 0.6) is 0 Å². The molecule has 0 amide bonds. The first kappa shape index (κ1) is 20.1. The average molecular weight is 407 g/mol. The van der Waals surface area contributed by atoms with Crippen molar-refractivity contribution in [2.75, 3.05) is 0 Å². The molecule has 0 atom stereocenters. The summed E-state index contributed by atoms with van der Waals surface area (Å²) in [6, 6.07) is 8.38. The van der Waals surface area contributed by atoms with Crippen LogP contribution in [0.25, 0.3) is 0 Å². The molecule has 4 heterocycles. The van der Waals surface area contributed by atoms with Gasteiger partial charge in [0.15, 0.2) is 12.3 Å². The Labute approximate surface area is 177 Å². The van der Waals surface area contributed by atoms with Crippen molar-refractivity contribution in [3.8, 4) is 0 Å². The van der Waals surface area contributed by atoms with Gasteiger partial charge < -0.3 is 0 Å². The molecule has 30 heavy (non-hydrogen) atoms. The smallest absolute Gasteiger partial charge is 0.186 e. The van der Waals surface area contributed by atoms with Gasteiger partial charge in [-0.2, -0.15) is 20.4 Å². The second-order valence-corrected chi connectivity index (χ2v) is 8.31. The molecule has 0 N–H and O–H groups in total. The molecular weight excluding hydrogens is 376 g/mol. The maximum atomic E-state index is 4.86. The Kier molecular flexibility index (Phi) is 4.88. The van der Waals surface area contributed by atoms with Crippen LogP contribution in [-0.2, 0) is 0 Å². The molecule has 0 unspecified atom stereocenters. The van der Waals surface area contributed by atoms with E-state index in [2.05, 4.69) is 52.0 Å². The van der Waals surface area contributed by atoms with E-state index in [0.717, 1.165) is 45.6 Å². The van der Waals surface area contributed by atoms with E-state index in [9.17, 15) is 0 Å². The van der Waals surface area contributed by atoms with Crippen molar-refractivity contribution in [2.45, 2.75) is 67.7 Å². The zero-order valence-corrected chi connectivity index (χ0v) is 19.0. The summed E-state index contributed by atoms with van der Waals surface area (Å²) >= 11 is 0. The molecule has 0 radical (unpaired) electrons. The molecule has 8 heteroatoms. The third-order valence-corrected chi connectivity index (χ3v) is 5.45. The second-order valence-electron chi connectivity index (χ2n) is 8.31. The molecule has 0 spiro atoms. The molecule has 4 rings (SSSR count). The van der Waals surface area contributed by atoms with Gasteiger partial charge in [-0.1, -0.05) is 0 Å². The summed E-state index contributed by atoms with van der Waals surface area (Å²) < 4.78 is 8.19. The molecule has 4 aromatic heterocycles. The zero-order valence-electron chi connectivity index (χ0n) is 19.0. The second kappa shape index (κ2) is 7.27. The molecule has 0 bridgehead atoms. The van der Waals surface area contributed by atoms with Gasteiger partial charge in [0.2, 0.25) is 0 Å². The van der Waals surface area contributed by atoms with E-state index in [1.807, 2.05) is 46.4 Å². The van der Waals surface area contributed by atoms with Crippen molar-refractivity contribution < 1.29 is 0 Å². The van der Waals surface area contributed by atoms with Crippen molar-refractivity contribution >= 4 is 0 Å². The highest BCUT2D eigenvalue weighted by molar-refractivity contribution is 5.16. The van der Waals surface area contributed by atoms with Gasteiger partial charge in [0.05, 0.1) is 22.8 Å². The van der Waals surface area contributed by atoms with E-state index in [1.165, 1.54) is 0 Å². The summed E-state index contributed by atoms with van der Waals surface area (Å²) in [5.74, 6) is 0. The summed E-state index contributed by atoms with van der Waals surface area (Å²) in [6.45, 7) is 16.4. The molecule has 0 aliphatic rings. The van der Waals surface area contributed by atoms with Gasteiger partial charge in [0, 0.05) is 22.8 Å². The Morgan fingerprint density at radius 2 is 0.633 bits per heavy atom. The molecule has 158 valence electrons. The maximum Gasteiger partial charge on any atom is 0.186 e. The molecular formula is C22H30N8. The Bertz CT molecular complexity index is 1020. The Balaban J connectivity index is 2.05. The highest BCUT2D eigenvalue weighted by atomic mass is 15.6. The Morgan fingerprint density at radius 3 is 0.767 bits per heavy atom. The largest absolute Gasteiger partial charge is 0.241 e. The normalized spacial score (nSPS) is 11.9. The standard InChI is InChI=1S/C22H30N8/c1-13-9-17(5)27(23-13)21(28-18(6)10-14(2)24-28)22(29-19(7)11-15(3)25-29)30-20(8)12-16(4)26-30/h9-12,21-22H,1-8H3. The summed E-state index contributed by atoms with van der Waals surface area (Å²) in [7, 11) is 0. The predicted octanol–water partition coefficient (Wildman–Crippen LogP) is 3.73. The van der Waals surface area contributed by atoms with Crippen LogP contribution in [0.3, 0.4) is 0 Å². The summed E-state index contributed by atoms with van der Waals surface area (Å²) in [6.07, 6.45) is -0.549. The monoisotopic (exact) mass is 406 g/mol. The molecule has 0 aliphatic carbocycles. The summed E-state index contributed by atoms with van der Waals surface area (Å²) in [4.78, 5) is 0. The van der Waals surface area contributed by atoms with Crippen molar-refractivity contribution in [3.63, 3.8) is 0 Å². The van der Waals surface area contributed by atoms with Crippen LogP contribution < -0.4 is 0 Å². The first-order valence-electron chi connectivity index (χ1n) is 10.3. The van der Waals surface area contributed by atoms with E-state index >= 15 is 0 Å². The van der Waals surface area contributed by atoms with Crippen LogP contribution in [0.2, 0.25) is 0 Å². The quantitative estimate of drug-likeness (QED) is 0.506. The highest BCUT2D eigenvalue weighted by Crippen LogP contribution is 2.31. The van der Waals surface area contributed by atoms with Crippen LogP contribution >= 0.6 is 0 Å². The van der Waals surface area contributed by atoms with Gasteiger partial charge in [0.1, 0.15) is 0 Å². The minimum atomic E-state index is -0.275. The van der Waals surface area contributed by atoms with Gasteiger partial charge in [-0.3, -0.25) is 0 Å². The minimum Gasteiger partial charge on any atom is -0.241 e. The molecule has 0 fully saturated rings. The van der Waals surface area contributed by atoms with Crippen molar-refractivity contribution in [1.29, 1.82) is 0 Å². The number of rotatable bonds is 5. The van der Waals surface area contributed by atoms with Gasteiger partial charge >= 0.3 is 0 Å². The van der Waals surface area contributed by atoms with Crippen molar-refractivity contribution in [2.24, 2.45) is 0 Å². The van der Waals surface area contributed by atoms with Crippen LogP contribution in [0.15, 0.2) is 24.3 Å². The predicted molar refractivity (Wildman–Crippen MR) is 116 cm³/mol. The van der Waals surface area contributed by atoms with Crippen LogP contribution in [0.4, 0.5) is 0 Å². The van der Waals surface area contributed by atoms with Crippen LogP contribution in [-0.4, -0.2) is 39.1 Å². The highest BCUT2D eigenvalue weighted by Gasteiger charge is 2.35. The summed E-state index contributed by atoms with van der Waals surface area (Å²) in [5.41, 5.74) is 8.16. The topological polar surface area (TPSA) is 71.3 Å². The van der Waals surface area contributed by atoms with E-state index in [4.69, 9.17) is 20.4 Å². The number of nitrogens with zero attached hydrogens (tertiary/aromatic N) is 8. The Morgan fingerprint density at radius 1 is 0.433 bits per heavy atom. The fourth-order valence-electron chi connectivity index (χ4n) is 4.37. The fourth-order valence-corrected chi connectivity index (χ4v) is 4.37. The third-order valence-electron chi connectivity index (χ3n) is 5.45. The number of aromatic nitrogens is 8. The van der Waals surface area contributed by atoms with Gasteiger partial charge in [-0.05, 0) is 79.7 Å². The lowest BCUT2D eigenvalue weighted by molar-refractivity contribution is 0.176. The van der Waals surface area contributed by atoms with Gasteiger partial charge in [0.25, 0.3) is 0 Å². The van der Waals surface area contributed by atoms with Crippen molar-refractivity contribution in [1.82, 2.24) is 39.1 Å². The maximum absolute atomic E-state index is 4.86. The van der Waals surface area contributed by atoms with Crippen LogP contribution in [0.1, 0.15) is 57.9 Å². The number of hydrogen-bond donors (Lipinski definition) is 0. The molecule has 0 saturated heterocycles. The lowest BCUT2D eigenvalue weighted by Crippen LogP contribution is -2.38. The lowest BCUT2D eigenvalue weighted by Gasteiger charge is -2.31. The lowest BCUT2D eigenvalue weighted by atomic mass is 10.3. The van der Waals surface area contributed by atoms with Gasteiger partial charge in [-0.15, -0.1) is 0 Å². The molecule has 0 aromatic carbocycles. The fraction of sp³-hybridized carbons (Fsp3) is 0.455. The number of aryl methyl sites for hydroxylation is 8. The molecule has 4 aromatic rings. The Hall–Kier alpha value is -3.16. The minimum absolute atomic E-state index is 0.275. The van der Waals surface area contributed by atoms with Gasteiger partial charge in [-0.25, -0.2) is 18.7 Å². The first-order chi connectivity index (χ1) is 14.2. The zero-order chi connectivity index (χ0) is 21.7. The SMILES string of the molecule is Cc1cc(C)n(C(C(n2nc(C)cc2C)n2nc(C)cc2C)n2nc(C)cc2C)n1.